The SMILES string of the molecule is COC(=O)C#Cc1nc(C(F)(F)F)cs1. The fourth-order valence-corrected chi connectivity index (χ4v) is 1.29. The lowest BCUT2D eigenvalue weighted by molar-refractivity contribution is -0.140. The largest absolute Gasteiger partial charge is 0.459 e. The van der Waals surface area contributed by atoms with Crippen LogP contribution in [0, 0.1) is 11.8 Å². The first kappa shape index (κ1) is 11.5. The summed E-state index contributed by atoms with van der Waals surface area (Å²) in [6, 6.07) is 0. The van der Waals surface area contributed by atoms with E-state index in [4.69, 9.17) is 0 Å². The van der Waals surface area contributed by atoms with Crippen LogP contribution in [0.1, 0.15) is 10.7 Å². The number of hydrogen-bond acceptors (Lipinski definition) is 4. The molecule has 0 aromatic carbocycles. The maximum absolute atomic E-state index is 12.1. The Morgan fingerprint density at radius 2 is 2.27 bits per heavy atom. The quantitative estimate of drug-likeness (QED) is 0.507. The summed E-state index contributed by atoms with van der Waals surface area (Å²) in [4.78, 5) is 13.7. The van der Waals surface area contributed by atoms with Crippen LogP contribution in [-0.2, 0) is 15.7 Å². The van der Waals surface area contributed by atoms with Crippen molar-refractivity contribution in [3.63, 3.8) is 0 Å². The Morgan fingerprint density at radius 1 is 1.60 bits per heavy atom. The van der Waals surface area contributed by atoms with Gasteiger partial charge >= 0.3 is 12.1 Å². The molecule has 1 aromatic rings. The number of alkyl halides is 3. The van der Waals surface area contributed by atoms with Gasteiger partial charge in [-0.1, -0.05) is 0 Å². The average Bonchev–Trinajstić information content (AvgIpc) is 2.61. The third-order valence-corrected chi connectivity index (χ3v) is 2.01. The standard InChI is InChI=1S/C8H4F3NO2S/c1-14-7(13)3-2-6-12-5(4-15-6)8(9,10)11/h4H,1H3. The molecule has 0 N–H and O–H groups in total. The molecule has 80 valence electrons. The van der Waals surface area contributed by atoms with E-state index in [2.05, 4.69) is 15.6 Å². The summed E-state index contributed by atoms with van der Waals surface area (Å²) < 4.78 is 40.4. The molecular formula is C8H4F3NO2S. The Balaban J connectivity index is 2.85. The van der Waals surface area contributed by atoms with Crippen LogP contribution >= 0.6 is 11.3 Å². The number of thiazole rings is 1. The van der Waals surface area contributed by atoms with E-state index in [0.717, 1.165) is 12.5 Å². The average molecular weight is 235 g/mol. The van der Waals surface area contributed by atoms with E-state index in [1.165, 1.54) is 0 Å². The highest BCUT2D eigenvalue weighted by molar-refractivity contribution is 7.10. The van der Waals surface area contributed by atoms with Gasteiger partial charge in [0.05, 0.1) is 7.11 Å². The number of halogens is 3. The van der Waals surface area contributed by atoms with Gasteiger partial charge in [0.1, 0.15) is 0 Å². The van der Waals surface area contributed by atoms with E-state index in [9.17, 15) is 18.0 Å². The lowest BCUT2D eigenvalue weighted by atomic mass is 10.5. The number of hydrogen-bond donors (Lipinski definition) is 0. The van der Waals surface area contributed by atoms with Gasteiger partial charge in [0.15, 0.2) is 10.7 Å². The van der Waals surface area contributed by atoms with Crippen LogP contribution in [0.4, 0.5) is 13.2 Å². The van der Waals surface area contributed by atoms with E-state index in [1.807, 2.05) is 5.92 Å². The Morgan fingerprint density at radius 3 is 2.73 bits per heavy atom. The summed E-state index contributed by atoms with van der Waals surface area (Å²) in [5, 5.41) is 0.758. The molecule has 0 bridgehead atoms. The van der Waals surface area contributed by atoms with Crippen LogP contribution in [0.3, 0.4) is 0 Å². The summed E-state index contributed by atoms with van der Waals surface area (Å²) in [6.45, 7) is 0. The maximum atomic E-state index is 12.1. The van der Waals surface area contributed by atoms with Gasteiger partial charge in [-0.2, -0.15) is 13.2 Å². The smallest absolute Gasteiger partial charge is 0.434 e. The zero-order chi connectivity index (χ0) is 11.5. The molecule has 3 nitrogen and oxygen atoms in total. The fraction of sp³-hybridized carbons (Fsp3) is 0.250. The van der Waals surface area contributed by atoms with Gasteiger partial charge in [0.25, 0.3) is 0 Å². The van der Waals surface area contributed by atoms with E-state index in [1.54, 1.807) is 0 Å². The second kappa shape index (κ2) is 4.31. The number of esters is 1. The summed E-state index contributed by atoms with van der Waals surface area (Å²) in [5.41, 5.74) is -1.01. The van der Waals surface area contributed by atoms with E-state index in [-0.39, 0.29) is 5.01 Å². The first-order valence-corrected chi connectivity index (χ1v) is 4.44. The normalized spacial score (nSPS) is 10.4. The lowest BCUT2D eigenvalue weighted by Crippen LogP contribution is -2.04. The fourth-order valence-electron chi connectivity index (χ4n) is 0.617. The molecule has 0 aliphatic carbocycles. The van der Waals surface area contributed by atoms with E-state index in [0.29, 0.717) is 11.3 Å². The first-order chi connectivity index (χ1) is 6.93. The van der Waals surface area contributed by atoms with Crippen LogP contribution in [0.25, 0.3) is 0 Å². The molecule has 7 heteroatoms. The van der Waals surface area contributed by atoms with Crippen molar-refractivity contribution in [2.24, 2.45) is 0 Å². The Kier molecular flexibility index (Phi) is 3.31. The van der Waals surface area contributed by atoms with E-state index < -0.39 is 17.8 Å². The van der Waals surface area contributed by atoms with Gasteiger partial charge in [-0.3, -0.25) is 0 Å². The number of ether oxygens (including phenoxy) is 1. The van der Waals surface area contributed by atoms with Crippen molar-refractivity contribution in [3.05, 3.63) is 16.1 Å². The molecule has 0 saturated heterocycles. The van der Waals surface area contributed by atoms with Crippen molar-refractivity contribution < 1.29 is 22.7 Å². The maximum Gasteiger partial charge on any atom is 0.434 e. The predicted octanol–water partition coefficient (Wildman–Crippen LogP) is 1.69. The van der Waals surface area contributed by atoms with Crippen molar-refractivity contribution in [1.29, 1.82) is 0 Å². The predicted molar refractivity (Wildman–Crippen MR) is 46.0 cm³/mol. The highest BCUT2D eigenvalue weighted by Gasteiger charge is 2.33. The molecule has 1 aromatic heterocycles. The Bertz CT molecular complexity index is 427. The van der Waals surface area contributed by atoms with Crippen molar-refractivity contribution in [1.82, 2.24) is 4.98 Å². The zero-order valence-electron chi connectivity index (χ0n) is 7.38. The zero-order valence-corrected chi connectivity index (χ0v) is 8.20. The van der Waals surface area contributed by atoms with Crippen LogP contribution < -0.4 is 0 Å². The van der Waals surface area contributed by atoms with Gasteiger partial charge in [0.2, 0.25) is 0 Å². The van der Waals surface area contributed by atoms with E-state index >= 15 is 0 Å². The molecule has 0 amide bonds. The summed E-state index contributed by atoms with van der Waals surface area (Å²) in [5.74, 6) is 3.33. The second-order valence-corrected chi connectivity index (χ2v) is 3.14. The van der Waals surface area contributed by atoms with Crippen LogP contribution in [0.2, 0.25) is 0 Å². The van der Waals surface area contributed by atoms with Crippen LogP contribution in [-0.4, -0.2) is 18.1 Å². The number of rotatable bonds is 0. The van der Waals surface area contributed by atoms with Crippen LogP contribution in [0.15, 0.2) is 5.38 Å². The molecule has 1 heterocycles. The minimum atomic E-state index is -4.48. The molecule has 0 aliphatic rings. The minimum absolute atomic E-state index is 0.0762. The second-order valence-electron chi connectivity index (χ2n) is 2.28. The molecule has 0 spiro atoms. The highest BCUT2D eigenvalue weighted by atomic mass is 32.1. The van der Waals surface area contributed by atoms with Gasteiger partial charge in [0, 0.05) is 11.3 Å². The third kappa shape index (κ3) is 3.25. The topological polar surface area (TPSA) is 39.2 Å². The molecule has 0 atom stereocenters. The molecule has 0 saturated carbocycles. The molecule has 15 heavy (non-hydrogen) atoms. The Labute approximate surface area is 86.9 Å². The molecule has 0 radical (unpaired) electrons. The number of methoxy groups -OCH3 is 1. The van der Waals surface area contributed by atoms with Crippen molar-refractivity contribution in [2.75, 3.05) is 7.11 Å². The number of carbonyl (C=O) groups excluding carboxylic acids is 1. The third-order valence-electron chi connectivity index (χ3n) is 1.25. The lowest BCUT2D eigenvalue weighted by Gasteiger charge is -1.98. The van der Waals surface area contributed by atoms with Gasteiger partial charge < -0.3 is 4.74 Å². The molecule has 0 fully saturated rings. The summed E-state index contributed by atoms with van der Waals surface area (Å²) in [7, 11) is 1.13. The highest BCUT2D eigenvalue weighted by Crippen LogP contribution is 2.29. The molecule has 1 rings (SSSR count). The van der Waals surface area contributed by atoms with Crippen molar-refractivity contribution in [2.45, 2.75) is 6.18 Å². The summed E-state index contributed by atoms with van der Waals surface area (Å²) in [6.07, 6.45) is -4.48. The number of carbonyl (C=O) groups is 1. The minimum Gasteiger partial charge on any atom is -0.459 e. The van der Waals surface area contributed by atoms with Crippen LogP contribution in [0.5, 0.6) is 0 Å². The monoisotopic (exact) mass is 235 g/mol. The summed E-state index contributed by atoms with van der Waals surface area (Å²) >= 11 is 0.716. The van der Waals surface area contributed by atoms with Gasteiger partial charge in [-0.25, -0.2) is 9.78 Å². The Hall–Kier alpha value is -1.55. The van der Waals surface area contributed by atoms with Gasteiger partial charge in [-0.15, -0.1) is 11.3 Å². The van der Waals surface area contributed by atoms with Gasteiger partial charge in [-0.05, 0) is 5.92 Å². The molecular weight excluding hydrogens is 231 g/mol. The number of nitrogens with zero attached hydrogens (tertiary/aromatic N) is 1. The van der Waals surface area contributed by atoms with Crippen molar-refractivity contribution in [3.8, 4) is 11.8 Å². The molecule has 0 unspecified atom stereocenters. The molecule has 0 aliphatic heterocycles. The first-order valence-electron chi connectivity index (χ1n) is 3.56. The number of aromatic nitrogens is 1. The van der Waals surface area contributed by atoms with Crippen molar-refractivity contribution >= 4 is 17.3 Å².